The predicted molar refractivity (Wildman–Crippen MR) is 122 cm³/mol. The number of carboxylic acid groups (broad SMARTS) is 1. The fraction of sp³-hybridized carbons (Fsp3) is 0.261. The highest BCUT2D eigenvalue weighted by Crippen LogP contribution is 2.35. The van der Waals surface area contributed by atoms with Crippen LogP contribution in [-0.4, -0.2) is 47.8 Å². The van der Waals surface area contributed by atoms with Crippen molar-refractivity contribution in [3.05, 3.63) is 58.5 Å². The number of unbranched alkanes of at least 4 members (excludes halogenated alkanes) is 1. The zero-order valence-electron chi connectivity index (χ0n) is 17.6. The van der Waals surface area contributed by atoms with Gasteiger partial charge in [-0.15, -0.1) is 0 Å². The van der Waals surface area contributed by atoms with Crippen LogP contribution in [0.1, 0.15) is 35.7 Å². The number of hydrogen-bond donors (Lipinski definition) is 1. The number of aromatic carboxylic acids is 1. The van der Waals surface area contributed by atoms with E-state index >= 15 is 0 Å². The molecule has 0 unspecified atom stereocenters. The van der Waals surface area contributed by atoms with Gasteiger partial charge in [0.1, 0.15) is 0 Å². The summed E-state index contributed by atoms with van der Waals surface area (Å²) >= 11 is 1.23. The summed E-state index contributed by atoms with van der Waals surface area (Å²) in [6.07, 6.45) is 3.78. The van der Waals surface area contributed by atoms with Crippen molar-refractivity contribution < 1.29 is 24.2 Å². The average molecular weight is 441 g/mol. The molecule has 0 saturated carbocycles. The summed E-state index contributed by atoms with van der Waals surface area (Å²) in [7, 11) is 3.22. The van der Waals surface area contributed by atoms with Crippen molar-refractivity contribution in [1.82, 2.24) is 4.90 Å². The van der Waals surface area contributed by atoms with Gasteiger partial charge in [-0.2, -0.15) is 0 Å². The first-order valence-electron chi connectivity index (χ1n) is 9.83. The fourth-order valence-corrected chi connectivity index (χ4v) is 3.83. The molecule has 1 amide bonds. The van der Waals surface area contributed by atoms with Gasteiger partial charge >= 0.3 is 5.97 Å². The average Bonchev–Trinajstić information content (AvgIpc) is 3.02. The first-order valence-corrected chi connectivity index (χ1v) is 10.6. The monoisotopic (exact) mass is 440 g/mol. The second-order valence-electron chi connectivity index (χ2n) is 6.84. The predicted octanol–water partition coefficient (Wildman–Crippen LogP) is 4.81. The minimum absolute atomic E-state index is 0.142. The van der Waals surface area contributed by atoms with E-state index in [1.165, 1.54) is 28.8 Å². The van der Waals surface area contributed by atoms with Crippen LogP contribution in [0.2, 0.25) is 0 Å². The summed E-state index contributed by atoms with van der Waals surface area (Å²) in [5.74, 6) is 0.0670. The lowest BCUT2D eigenvalue weighted by atomic mass is 10.2. The lowest BCUT2D eigenvalue weighted by Gasteiger charge is -2.11. The van der Waals surface area contributed by atoms with Crippen LogP contribution in [0.3, 0.4) is 0 Å². The normalized spacial score (nSPS) is 16.2. The summed E-state index contributed by atoms with van der Waals surface area (Å²) in [4.78, 5) is 30.3. The summed E-state index contributed by atoms with van der Waals surface area (Å²) in [5.41, 5.74) is 1.42. The van der Waals surface area contributed by atoms with Gasteiger partial charge in [0, 0.05) is 7.05 Å². The van der Waals surface area contributed by atoms with Crippen molar-refractivity contribution in [2.75, 3.05) is 20.8 Å². The second-order valence-corrected chi connectivity index (χ2v) is 7.85. The lowest BCUT2D eigenvalue weighted by molar-refractivity contribution is -0.121. The van der Waals surface area contributed by atoms with Gasteiger partial charge in [-0.1, -0.05) is 25.5 Å². The Hall–Kier alpha value is -3.26. The van der Waals surface area contributed by atoms with E-state index in [0.717, 1.165) is 18.4 Å². The Morgan fingerprint density at radius 1 is 1.23 bits per heavy atom. The van der Waals surface area contributed by atoms with Crippen LogP contribution in [0, 0.1) is 0 Å². The second kappa shape index (κ2) is 10.2. The SMILES string of the molecule is CCCCOc1ccc(/C=C2/SC(=Nc3cccc(C(=O)O)c3)N(C)C2=O)cc1OC. The topological polar surface area (TPSA) is 88.4 Å². The maximum atomic E-state index is 12.7. The Morgan fingerprint density at radius 3 is 2.74 bits per heavy atom. The van der Waals surface area contributed by atoms with Gasteiger partial charge in [-0.25, -0.2) is 9.79 Å². The third-order valence-electron chi connectivity index (χ3n) is 4.56. The van der Waals surface area contributed by atoms with Gasteiger partial charge in [0.15, 0.2) is 16.7 Å². The quantitative estimate of drug-likeness (QED) is 0.468. The molecule has 0 atom stereocenters. The molecule has 0 bridgehead atoms. The molecule has 2 aromatic carbocycles. The summed E-state index contributed by atoms with van der Waals surface area (Å²) < 4.78 is 11.2. The molecule has 7 nitrogen and oxygen atoms in total. The van der Waals surface area contributed by atoms with E-state index < -0.39 is 5.97 Å². The molecule has 2 aromatic rings. The van der Waals surface area contributed by atoms with Crippen LogP contribution in [0.5, 0.6) is 11.5 Å². The van der Waals surface area contributed by atoms with Gasteiger partial charge in [0.2, 0.25) is 0 Å². The molecule has 1 saturated heterocycles. The molecule has 1 aliphatic heterocycles. The first kappa shape index (κ1) is 22.4. The molecular formula is C23H24N2O5S. The molecule has 1 fully saturated rings. The Balaban J connectivity index is 1.83. The van der Waals surface area contributed by atoms with Gasteiger partial charge < -0.3 is 14.6 Å². The van der Waals surface area contributed by atoms with Crippen molar-refractivity contribution in [1.29, 1.82) is 0 Å². The molecule has 0 aliphatic carbocycles. The third kappa shape index (κ3) is 5.46. The van der Waals surface area contributed by atoms with Crippen molar-refractivity contribution >= 4 is 40.6 Å². The molecule has 1 aliphatic rings. The Morgan fingerprint density at radius 2 is 2.03 bits per heavy atom. The molecule has 0 spiro atoms. The highest BCUT2D eigenvalue weighted by Gasteiger charge is 2.30. The summed E-state index contributed by atoms with van der Waals surface area (Å²) in [5, 5.41) is 9.62. The van der Waals surface area contributed by atoms with Crippen LogP contribution in [0.25, 0.3) is 6.08 Å². The van der Waals surface area contributed by atoms with Gasteiger partial charge in [0.05, 0.1) is 29.9 Å². The molecule has 8 heteroatoms. The highest BCUT2D eigenvalue weighted by atomic mass is 32.2. The number of aliphatic imine (C=N–C) groups is 1. The van der Waals surface area contributed by atoms with Crippen LogP contribution < -0.4 is 9.47 Å². The van der Waals surface area contributed by atoms with E-state index in [2.05, 4.69) is 11.9 Å². The standard InChI is InChI=1S/C23H24N2O5S/c1-4-5-11-30-18-10-9-15(12-19(18)29-3)13-20-21(26)25(2)23(31-20)24-17-8-6-7-16(14-17)22(27)28/h6-10,12-14H,4-5,11H2,1-3H3,(H,27,28)/b20-13+,24-23?. The largest absolute Gasteiger partial charge is 0.493 e. The van der Waals surface area contributed by atoms with Crippen molar-refractivity contribution in [2.24, 2.45) is 4.99 Å². The number of amides is 1. The number of thioether (sulfide) groups is 1. The zero-order valence-corrected chi connectivity index (χ0v) is 18.4. The summed E-state index contributed by atoms with van der Waals surface area (Å²) in [6, 6.07) is 11.8. The molecule has 0 aromatic heterocycles. The first-order chi connectivity index (χ1) is 14.9. The highest BCUT2D eigenvalue weighted by molar-refractivity contribution is 8.18. The number of rotatable bonds is 8. The number of likely N-dealkylation sites (N-methyl/N-ethyl adjacent to an activating group) is 1. The number of hydrogen-bond acceptors (Lipinski definition) is 6. The van der Waals surface area contributed by atoms with Crippen molar-refractivity contribution in [3.8, 4) is 11.5 Å². The van der Waals surface area contributed by atoms with Crippen LogP contribution in [0.15, 0.2) is 52.4 Å². The minimum Gasteiger partial charge on any atom is -0.493 e. The number of carbonyl (C=O) groups excluding carboxylic acids is 1. The van der Waals surface area contributed by atoms with E-state index in [-0.39, 0.29) is 11.5 Å². The zero-order chi connectivity index (χ0) is 22.4. The number of methoxy groups -OCH3 is 1. The lowest BCUT2D eigenvalue weighted by Crippen LogP contribution is -2.23. The minimum atomic E-state index is -1.03. The molecule has 31 heavy (non-hydrogen) atoms. The fourth-order valence-electron chi connectivity index (χ4n) is 2.84. The number of carboxylic acids is 1. The van der Waals surface area contributed by atoms with Crippen LogP contribution in [0.4, 0.5) is 5.69 Å². The van der Waals surface area contributed by atoms with Crippen molar-refractivity contribution in [3.63, 3.8) is 0 Å². The molecule has 1 N–H and O–H groups in total. The van der Waals surface area contributed by atoms with E-state index in [9.17, 15) is 9.59 Å². The van der Waals surface area contributed by atoms with Crippen LogP contribution >= 0.6 is 11.8 Å². The van der Waals surface area contributed by atoms with Gasteiger partial charge in [-0.05, 0) is 60.2 Å². The van der Waals surface area contributed by atoms with Crippen LogP contribution in [-0.2, 0) is 4.79 Å². The third-order valence-corrected chi connectivity index (χ3v) is 5.62. The molecule has 162 valence electrons. The van der Waals surface area contributed by atoms with Gasteiger partial charge in [0.25, 0.3) is 5.91 Å². The van der Waals surface area contributed by atoms with Crippen molar-refractivity contribution in [2.45, 2.75) is 19.8 Å². The van der Waals surface area contributed by atoms with E-state index in [1.807, 2.05) is 18.2 Å². The van der Waals surface area contributed by atoms with Gasteiger partial charge in [-0.3, -0.25) is 9.69 Å². The maximum absolute atomic E-state index is 12.7. The van der Waals surface area contributed by atoms with E-state index in [4.69, 9.17) is 14.6 Å². The number of amidine groups is 1. The molecule has 3 rings (SSSR count). The Kier molecular flexibility index (Phi) is 7.36. The number of benzene rings is 2. The van der Waals surface area contributed by atoms with E-state index in [0.29, 0.717) is 33.9 Å². The number of nitrogens with zero attached hydrogens (tertiary/aromatic N) is 2. The van der Waals surface area contributed by atoms with E-state index in [1.54, 1.807) is 32.4 Å². The Labute approximate surface area is 185 Å². The molecule has 0 radical (unpaired) electrons. The number of ether oxygens (including phenoxy) is 2. The maximum Gasteiger partial charge on any atom is 0.335 e. The number of carbonyl (C=O) groups is 2. The molecular weight excluding hydrogens is 416 g/mol. The smallest absolute Gasteiger partial charge is 0.335 e. The summed E-state index contributed by atoms with van der Waals surface area (Å²) in [6.45, 7) is 2.72. The molecule has 1 heterocycles. The Bertz CT molecular complexity index is 1050.